The van der Waals surface area contributed by atoms with Gasteiger partial charge in [-0.3, -0.25) is 4.90 Å². The number of hydrogen-bond donors (Lipinski definition) is 0. The second-order valence-corrected chi connectivity index (χ2v) is 5.77. The van der Waals surface area contributed by atoms with Gasteiger partial charge >= 0.3 is 6.09 Å². The molecule has 0 aromatic carbocycles. The summed E-state index contributed by atoms with van der Waals surface area (Å²) in [6.07, 6.45) is 2.85. The van der Waals surface area contributed by atoms with Gasteiger partial charge in [0.15, 0.2) is 0 Å². The molecule has 0 saturated carbocycles. The van der Waals surface area contributed by atoms with Crippen LogP contribution < -0.4 is 0 Å². The molecule has 1 atom stereocenters. The molecular weight excluding hydrogens is 202 g/mol. The predicted octanol–water partition coefficient (Wildman–Crippen LogP) is 3.35. The fraction of sp³-hybridized carbons (Fsp3) is 0.769. The summed E-state index contributed by atoms with van der Waals surface area (Å²) in [5.41, 5.74) is 0.615. The molecule has 1 aliphatic rings. The number of ether oxygens (including phenoxy) is 1. The Hall–Kier alpha value is -0.990. The lowest BCUT2D eigenvalue weighted by Gasteiger charge is -2.35. The molecule has 0 aromatic heterocycles. The highest BCUT2D eigenvalue weighted by Crippen LogP contribution is 2.31. The maximum absolute atomic E-state index is 12.1. The standard InChI is InChI=1S/C13H23NO2/c1-7-13(6)8-10(2)9-14(13)11(15)16-12(3,4)5/h8H,7,9H2,1-6H3. The summed E-state index contributed by atoms with van der Waals surface area (Å²) in [6.45, 7) is 12.6. The zero-order chi connectivity index (χ0) is 12.6. The molecule has 16 heavy (non-hydrogen) atoms. The minimum Gasteiger partial charge on any atom is -0.444 e. The molecule has 1 rings (SSSR count). The zero-order valence-electron chi connectivity index (χ0n) is 11.3. The SMILES string of the molecule is CCC1(C)C=C(C)CN1C(=O)OC(C)(C)C. The quantitative estimate of drug-likeness (QED) is 0.640. The van der Waals surface area contributed by atoms with Crippen LogP contribution in [-0.4, -0.2) is 28.7 Å². The normalized spacial score (nSPS) is 25.6. The van der Waals surface area contributed by atoms with E-state index in [0.29, 0.717) is 6.54 Å². The van der Waals surface area contributed by atoms with Crippen LogP contribution in [0.15, 0.2) is 11.6 Å². The summed E-state index contributed by atoms with van der Waals surface area (Å²) >= 11 is 0. The summed E-state index contributed by atoms with van der Waals surface area (Å²) in [7, 11) is 0. The van der Waals surface area contributed by atoms with Crippen LogP contribution in [0.5, 0.6) is 0 Å². The van der Waals surface area contributed by atoms with Crippen molar-refractivity contribution in [3.8, 4) is 0 Å². The Morgan fingerprint density at radius 3 is 2.56 bits per heavy atom. The van der Waals surface area contributed by atoms with Gasteiger partial charge in [-0.1, -0.05) is 18.6 Å². The second-order valence-electron chi connectivity index (χ2n) is 5.77. The fourth-order valence-electron chi connectivity index (χ4n) is 1.97. The third-order valence-electron chi connectivity index (χ3n) is 2.91. The van der Waals surface area contributed by atoms with Crippen molar-refractivity contribution in [1.82, 2.24) is 4.90 Å². The van der Waals surface area contributed by atoms with Crippen molar-refractivity contribution in [2.75, 3.05) is 6.54 Å². The molecule has 3 heteroatoms. The maximum Gasteiger partial charge on any atom is 0.411 e. The maximum atomic E-state index is 12.1. The second kappa shape index (κ2) is 4.11. The highest BCUT2D eigenvalue weighted by atomic mass is 16.6. The minimum absolute atomic E-state index is 0.188. The number of carbonyl (C=O) groups excluding carboxylic acids is 1. The summed E-state index contributed by atoms with van der Waals surface area (Å²) < 4.78 is 5.42. The molecule has 0 spiro atoms. The van der Waals surface area contributed by atoms with E-state index in [1.807, 2.05) is 25.7 Å². The molecule has 1 unspecified atom stereocenters. The molecule has 0 radical (unpaired) electrons. The molecule has 0 aliphatic carbocycles. The van der Waals surface area contributed by atoms with E-state index in [0.717, 1.165) is 6.42 Å². The van der Waals surface area contributed by atoms with Gasteiger partial charge in [0.05, 0.1) is 5.54 Å². The van der Waals surface area contributed by atoms with Crippen LogP contribution in [0.2, 0.25) is 0 Å². The van der Waals surface area contributed by atoms with Crippen molar-refractivity contribution in [1.29, 1.82) is 0 Å². The van der Waals surface area contributed by atoms with Crippen LogP contribution >= 0.6 is 0 Å². The summed E-state index contributed by atoms with van der Waals surface area (Å²) in [6, 6.07) is 0. The van der Waals surface area contributed by atoms with Crippen LogP contribution in [-0.2, 0) is 4.74 Å². The first-order valence-corrected chi connectivity index (χ1v) is 5.87. The smallest absolute Gasteiger partial charge is 0.411 e. The largest absolute Gasteiger partial charge is 0.444 e. The molecule has 0 aromatic rings. The summed E-state index contributed by atoms with van der Waals surface area (Å²) in [5.74, 6) is 0. The summed E-state index contributed by atoms with van der Waals surface area (Å²) in [4.78, 5) is 13.9. The number of rotatable bonds is 1. The fourth-order valence-corrected chi connectivity index (χ4v) is 1.97. The topological polar surface area (TPSA) is 29.5 Å². The molecule has 0 bridgehead atoms. The van der Waals surface area contributed by atoms with Gasteiger partial charge in [0.25, 0.3) is 0 Å². The van der Waals surface area contributed by atoms with Crippen molar-refractivity contribution in [2.24, 2.45) is 0 Å². The van der Waals surface area contributed by atoms with Crippen LogP contribution in [0, 0.1) is 0 Å². The van der Waals surface area contributed by atoms with Crippen molar-refractivity contribution in [3.63, 3.8) is 0 Å². The third-order valence-corrected chi connectivity index (χ3v) is 2.91. The Labute approximate surface area is 98.5 Å². The number of carbonyl (C=O) groups is 1. The van der Waals surface area contributed by atoms with Gasteiger partial charge in [0.1, 0.15) is 5.60 Å². The van der Waals surface area contributed by atoms with Crippen molar-refractivity contribution < 1.29 is 9.53 Å². The van der Waals surface area contributed by atoms with Gasteiger partial charge in [-0.15, -0.1) is 0 Å². The lowest BCUT2D eigenvalue weighted by Crippen LogP contribution is -2.47. The Bertz CT molecular complexity index is 314. The number of nitrogens with zero attached hydrogens (tertiary/aromatic N) is 1. The van der Waals surface area contributed by atoms with Crippen LogP contribution in [0.4, 0.5) is 4.79 Å². The van der Waals surface area contributed by atoms with E-state index in [1.165, 1.54) is 5.57 Å². The van der Waals surface area contributed by atoms with E-state index in [2.05, 4.69) is 26.8 Å². The van der Waals surface area contributed by atoms with E-state index in [1.54, 1.807) is 0 Å². The van der Waals surface area contributed by atoms with E-state index >= 15 is 0 Å². The van der Waals surface area contributed by atoms with Gasteiger partial charge < -0.3 is 4.74 Å². The van der Waals surface area contributed by atoms with Crippen LogP contribution in [0.3, 0.4) is 0 Å². The monoisotopic (exact) mass is 225 g/mol. The molecule has 1 aliphatic heterocycles. The predicted molar refractivity (Wildman–Crippen MR) is 65.4 cm³/mol. The van der Waals surface area contributed by atoms with Crippen molar-refractivity contribution >= 4 is 6.09 Å². The molecule has 92 valence electrons. The van der Waals surface area contributed by atoms with Gasteiger partial charge in [-0.2, -0.15) is 0 Å². The molecule has 1 heterocycles. The Morgan fingerprint density at radius 2 is 2.12 bits per heavy atom. The lowest BCUT2D eigenvalue weighted by molar-refractivity contribution is 0.0134. The molecular formula is C13H23NO2. The minimum atomic E-state index is -0.428. The first-order valence-electron chi connectivity index (χ1n) is 5.87. The highest BCUT2D eigenvalue weighted by Gasteiger charge is 2.38. The Morgan fingerprint density at radius 1 is 1.56 bits per heavy atom. The first-order chi connectivity index (χ1) is 7.18. The van der Waals surface area contributed by atoms with E-state index in [4.69, 9.17) is 4.74 Å². The van der Waals surface area contributed by atoms with Gasteiger partial charge in [-0.05, 0) is 41.0 Å². The Kier molecular flexibility index (Phi) is 3.36. The first kappa shape index (κ1) is 13.1. The van der Waals surface area contributed by atoms with Crippen LogP contribution in [0.25, 0.3) is 0 Å². The van der Waals surface area contributed by atoms with Gasteiger partial charge in [-0.25, -0.2) is 4.79 Å². The molecule has 0 fully saturated rings. The van der Waals surface area contributed by atoms with E-state index in [9.17, 15) is 4.79 Å². The summed E-state index contributed by atoms with van der Waals surface area (Å²) in [5, 5.41) is 0. The average Bonchev–Trinajstić information content (AvgIpc) is 2.40. The highest BCUT2D eigenvalue weighted by molar-refractivity contribution is 5.71. The van der Waals surface area contributed by atoms with Gasteiger partial charge in [0, 0.05) is 6.54 Å². The van der Waals surface area contributed by atoms with E-state index in [-0.39, 0.29) is 11.6 Å². The van der Waals surface area contributed by atoms with Gasteiger partial charge in [0.2, 0.25) is 0 Å². The number of amides is 1. The van der Waals surface area contributed by atoms with Crippen molar-refractivity contribution in [3.05, 3.63) is 11.6 Å². The van der Waals surface area contributed by atoms with E-state index < -0.39 is 5.60 Å². The third kappa shape index (κ3) is 2.77. The molecule has 0 saturated heterocycles. The molecule has 1 amide bonds. The van der Waals surface area contributed by atoms with Crippen LogP contribution in [0.1, 0.15) is 48.0 Å². The molecule has 3 nitrogen and oxygen atoms in total. The zero-order valence-corrected chi connectivity index (χ0v) is 11.3. The number of hydrogen-bond acceptors (Lipinski definition) is 2. The lowest BCUT2D eigenvalue weighted by atomic mass is 9.99. The average molecular weight is 225 g/mol. The van der Waals surface area contributed by atoms with Crippen molar-refractivity contribution in [2.45, 2.75) is 59.1 Å². The molecule has 0 N–H and O–H groups in total. The Balaban J connectivity index is 2.79.